The number of carbonyl (C=O) groups is 1. The molecule has 4 rings (SSSR count). The molecule has 0 bridgehead atoms. The van der Waals surface area contributed by atoms with Gasteiger partial charge in [-0.15, -0.1) is 0 Å². The van der Waals surface area contributed by atoms with Crippen LogP contribution >= 0.6 is 0 Å². The number of aromatic nitrogens is 4. The van der Waals surface area contributed by atoms with Crippen LogP contribution < -0.4 is 15.0 Å². The Morgan fingerprint density at radius 3 is 2.86 bits per heavy atom. The summed E-state index contributed by atoms with van der Waals surface area (Å²) in [7, 11) is 0. The number of aromatic amines is 1. The van der Waals surface area contributed by atoms with Crippen LogP contribution in [0.4, 0.5) is 11.6 Å². The summed E-state index contributed by atoms with van der Waals surface area (Å²) >= 11 is -1.26. The Hall–Kier alpha value is -2.37. The zero-order valence-electron chi connectivity index (χ0n) is 16.8. The molecule has 3 atom stereocenters. The predicted octanol–water partition coefficient (Wildman–Crippen LogP) is 1.05. The van der Waals surface area contributed by atoms with Gasteiger partial charge in [-0.25, -0.2) is 9.97 Å². The fraction of sp³-hybridized carbons (Fsp3) is 0.556. The van der Waals surface area contributed by atoms with E-state index in [1.54, 1.807) is 12.3 Å². The Labute approximate surface area is 171 Å². The van der Waals surface area contributed by atoms with Crippen LogP contribution in [0.5, 0.6) is 5.75 Å². The van der Waals surface area contributed by atoms with E-state index >= 15 is 0 Å². The molecule has 0 aliphatic carbocycles. The molecule has 1 unspecified atom stereocenters. The minimum atomic E-state index is -1.26. The van der Waals surface area contributed by atoms with Crippen molar-refractivity contribution in [1.29, 1.82) is 0 Å². The highest BCUT2D eigenvalue weighted by Crippen LogP contribution is 2.43. The van der Waals surface area contributed by atoms with Gasteiger partial charge in [0.15, 0.2) is 16.3 Å². The normalized spacial score (nSPS) is 22.3. The lowest BCUT2D eigenvalue weighted by Crippen LogP contribution is -2.56. The molecule has 1 fully saturated rings. The van der Waals surface area contributed by atoms with Crippen LogP contribution in [0.2, 0.25) is 0 Å². The summed E-state index contributed by atoms with van der Waals surface area (Å²) < 4.78 is 23.3. The van der Waals surface area contributed by atoms with Crippen LogP contribution in [0.1, 0.15) is 37.1 Å². The molecule has 0 aromatic carbocycles. The molecule has 2 aliphatic heterocycles. The van der Waals surface area contributed by atoms with Crippen LogP contribution in [0.15, 0.2) is 12.3 Å². The van der Waals surface area contributed by atoms with Gasteiger partial charge in [0, 0.05) is 6.07 Å². The quantitative estimate of drug-likeness (QED) is 0.703. The summed E-state index contributed by atoms with van der Waals surface area (Å²) in [6.07, 6.45) is 3.15. The molecule has 1 saturated heterocycles. The van der Waals surface area contributed by atoms with E-state index in [0.29, 0.717) is 42.9 Å². The molecular weight excluding hydrogens is 396 g/mol. The molecule has 0 spiro atoms. The number of fused-ring (bicyclic) bond motifs is 3. The summed E-state index contributed by atoms with van der Waals surface area (Å²) in [5, 5.41) is 9.19. The maximum atomic E-state index is 12.8. The summed E-state index contributed by atoms with van der Waals surface area (Å²) in [4.78, 5) is 24.0. The lowest BCUT2D eigenvalue weighted by molar-refractivity contribution is 0.0481. The van der Waals surface area contributed by atoms with Crippen molar-refractivity contribution < 1.29 is 18.8 Å². The molecule has 2 aliphatic rings. The van der Waals surface area contributed by atoms with Crippen molar-refractivity contribution in [2.75, 3.05) is 36.3 Å². The van der Waals surface area contributed by atoms with Crippen molar-refractivity contribution in [3.8, 4) is 5.75 Å². The molecule has 0 radical (unpaired) electrons. The maximum absolute atomic E-state index is 12.8. The zero-order chi connectivity index (χ0) is 20.8. The molecule has 29 heavy (non-hydrogen) atoms. The second-order valence-electron chi connectivity index (χ2n) is 7.70. The Balaban J connectivity index is 1.83. The van der Waals surface area contributed by atoms with Crippen molar-refractivity contribution in [1.82, 2.24) is 20.2 Å². The number of carbonyl (C=O) groups excluding carboxylic acids is 1. The first kappa shape index (κ1) is 19.9. The molecule has 156 valence electrons. The Morgan fingerprint density at radius 1 is 1.38 bits per heavy atom. The van der Waals surface area contributed by atoms with E-state index in [9.17, 15) is 9.35 Å². The number of hydrogen-bond donors (Lipinski definition) is 2. The first-order chi connectivity index (χ1) is 13.8. The summed E-state index contributed by atoms with van der Waals surface area (Å²) in [5.41, 5.74) is 0.454. The minimum Gasteiger partial charge on any atom is -0.616 e. The third kappa shape index (κ3) is 3.53. The van der Waals surface area contributed by atoms with Gasteiger partial charge in [-0.1, -0.05) is 0 Å². The van der Waals surface area contributed by atoms with Gasteiger partial charge in [0.2, 0.25) is 5.82 Å². The third-order valence-electron chi connectivity index (χ3n) is 5.29. The average molecular weight is 420 g/mol. The number of morpholine rings is 1. The average Bonchev–Trinajstić information content (AvgIpc) is 3.19. The number of nitrogens with one attached hydrogen (secondary N) is 2. The minimum absolute atomic E-state index is 0.00671. The number of rotatable bonds is 4. The Bertz CT molecular complexity index is 904. The second kappa shape index (κ2) is 7.47. The van der Waals surface area contributed by atoms with E-state index in [-0.39, 0.29) is 17.9 Å². The van der Waals surface area contributed by atoms with Gasteiger partial charge >= 0.3 is 0 Å². The van der Waals surface area contributed by atoms with E-state index in [2.05, 4.69) is 30.4 Å². The molecule has 2 N–H and O–H groups in total. The van der Waals surface area contributed by atoms with Gasteiger partial charge < -0.3 is 24.2 Å². The highest BCUT2D eigenvalue weighted by Gasteiger charge is 2.44. The van der Waals surface area contributed by atoms with Crippen molar-refractivity contribution in [3.63, 3.8) is 0 Å². The van der Waals surface area contributed by atoms with Gasteiger partial charge in [0.1, 0.15) is 18.1 Å². The number of amides is 1. The highest BCUT2D eigenvalue weighted by molar-refractivity contribution is 7.91. The first-order valence-electron chi connectivity index (χ1n) is 9.34. The second-order valence-corrected chi connectivity index (χ2v) is 9.62. The summed E-state index contributed by atoms with van der Waals surface area (Å²) in [6.45, 7) is 7.16. The lowest BCUT2D eigenvalue weighted by atomic mass is 10.0. The van der Waals surface area contributed by atoms with Gasteiger partial charge in [-0.05, 0) is 31.9 Å². The summed E-state index contributed by atoms with van der Waals surface area (Å²) in [5.74, 6) is 0.947. The van der Waals surface area contributed by atoms with E-state index in [1.165, 1.54) is 6.20 Å². The number of H-pyrrole nitrogens is 1. The monoisotopic (exact) mass is 420 g/mol. The molecular formula is C18H24N6O4S. The fourth-order valence-electron chi connectivity index (χ4n) is 3.48. The number of nitrogens with zero attached hydrogens (tertiary/aromatic N) is 4. The standard InChI is InChI=1S/C18H24N6O4S/c1-10-7-27-8-11-9-28-13-14(18(2,3)29(4)26)21-15(22-16(13)24(10)11)17(25)20-12-5-6-19-23-12/h5-6,10-11H,7-9H2,1-4H3,(H2,19,20,23,25)/t10-,11+,29?/m1/s1. The highest BCUT2D eigenvalue weighted by atomic mass is 32.2. The molecule has 11 heteroatoms. The third-order valence-corrected chi connectivity index (χ3v) is 6.92. The van der Waals surface area contributed by atoms with Crippen LogP contribution in [-0.2, 0) is 20.7 Å². The van der Waals surface area contributed by atoms with Crippen LogP contribution in [0.3, 0.4) is 0 Å². The number of ether oxygens (including phenoxy) is 2. The van der Waals surface area contributed by atoms with Crippen molar-refractivity contribution in [2.45, 2.75) is 37.6 Å². The van der Waals surface area contributed by atoms with Gasteiger partial charge in [0.25, 0.3) is 5.91 Å². The maximum Gasteiger partial charge on any atom is 0.294 e. The van der Waals surface area contributed by atoms with Crippen LogP contribution in [0.25, 0.3) is 0 Å². The molecule has 2 aromatic rings. The van der Waals surface area contributed by atoms with Crippen LogP contribution in [-0.4, -0.2) is 68.8 Å². The zero-order valence-corrected chi connectivity index (χ0v) is 17.6. The molecule has 4 heterocycles. The van der Waals surface area contributed by atoms with E-state index in [1.807, 2.05) is 20.8 Å². The Kier molecular flexibility index (Phi) is 5.13. The summed E-state index contributed by atoms with van der Waals surface area (Å²) in [6, 6.07) is 1.68. The van der Waals surface area contributed by atoms with E-state index < -0.39 is 21.8 Å². The number of anilines is 2. The largest absolute Gasteiger partial charge is 0.616 e. The Morgan fingerprint density at radius 2 is 2.17 bits per heavy atom. The molecule has 0 saturated carbocycles. The van der Waals surface area contributed by atoms with Gasteiger partial charge in [-0.3, -0.25) is 9.89 Å². The molecule has 1 amide bonds. The van der Waals surface area contributed by atoms with Crippen molar-refractivity contribution >= 4 is 28.7 Å². The topological polar surface area (TPSA) is 128 Å². The van der Waals surface area contributed by atoms with E-state index in [0.717, 1.165) is 0 Å². The lowest BCUT2D eigenvalue weighted by Gasteiger charge is -2.45. The SMILES string of the molecule is C[C@@H]1COC[C@H]2COc3c(nc(C(=O)Nc4ccn[nH]4)nc3C(C)(C)[S+](C)[O-])N21. The van der Waals surface area contributed by atoms with Crippen molar-refractivity contribution in [2.24, 2.45) is 0 Å². The molecule has 10 nitrogen and oxygen atoms in total. The first-order valence-corrected chi connectivity index (χ1v) is 10.9. The van der Waals surface area contributed by atoms with E-state index in [4.69, 9.17) is 9.47 Å². The molecule has 2 aromatic heterocycles. The van der Waals surface area contributed by atoms with Gasteiger partial charge in [0.05, 0.1) is 37.8 Å². The van der Waals surface area contributed by atoms with Crippen LogP contribution in [0, 0.1) is 0 Å². The predicted molar refractivity (Wildman–Crippen MR) is 108 cm³/mol. The van der Waals surface area contributed by atoms with Crippen molar-refractivity contribution in [3.05, 3.63) is 23.8 Å². The smallest absolute Gasteiger partial charge is 0.294 e. The fourth-order valence-corrected chi connectivity index (χ4v) is 3.89. The van der Waals surface area contributed by atoms with Gasteiger partial charge in [-0.2, -0.15) is 5.10 Å². The number of hydrogen-bond acceptors (Lipinski definition) is 8.